The van der Waals surface area contributed by atoms with Crippen molar-refractivity contribution in [3.05, 3.63) is 76.4 Å². The van der Waals surface area contributed by atoms with Crippen LogP contribution in [0.1, 0.15) is 13.8 Å². The first-order chi connectivity index (χ1) is 18.3. The molecule has 0 amide bonds. The molecule has 9 heteroatoms. The van der Waals surface area contributed by atoms with E-state index < -0.39 is 0 Å². The highest BCUT2D eigenvalue weighted by Crippen LogP contribution is 2.33. The molecule has 0 saturated carbocycles. The Labute approximate surface area is 225 Å². The molecule has 0 bridgehead atoms. The lowest BCUT2D eigenvalue weighted by atomic mass is 10.0. The number of fused-ring (bicyclic) bond motifs is 3. The molecule has 194 valence electrons. The summed E-state index contributed by atoms with van der Waals surface area (Å²) in [7, 11) is 3.37. The van der Waals surface area contributed by atoms with Gasteiger partial charge in [0.05, 0.1) is 46.3 Å². The van der Waals surface area contributed by atoms with Gasteiger partial charge in [-0.2, -0.15) is 0 Å². The van der Waals surface area contributed by atoms with Crippen molar-refractivity contribution < 1.29 is 4.74 Å². The Bertz CT molecular complexity index is 1720. The number of anilines is 1. The molecule has 38 heavy (non-hydrogen) atoms. The zero-order valence-electron chi connectivity index (χ0n) is 21.8. The van der Waals surface area contributed by atoms with Gasteiger partial charge in [0.25, 0.3) is 0 Å². The minimum Gasteiger partial charge on any atom is -0.481 e. The molecule has 1 aliphatic heterocycles. The minimum absolute atomic E-state index is 0.154. The van der Waals surface area contributed by atoms with E-state index in [1.807, 2.05) is 42.5 Å². The second-order valence-electron chi connectivity index (χ2n) is 10.00. The van der Waals surface area contributed by atoms with E-state index in [2.05, 4.69) is 40.1 Å². The summed E-state index contributed by atoms with van der Waals surface area (Å²) in [5.74, 6) is 0.556. The van der Waals surface area contributed by atoms with Gasteiger partial charge >= 0.3 is 5.69 Å². The SMILES string of the molecule is COc1ccc(-c2ccc3ncc4c(c3c2)n(-c2ccc(N3CC(C)NC(C)C3)c(Cl)c2)c(=O)n4C)cn1. The summed E-state index contributed by atoms with van der Waals surface area (Å²) in [4.78, 5) is 24.8. The van der Waals surface area contributed by atoms with Crippen LogP contribution < -0.4 is 20.6 Å². The van der Waals surface area contributed by atoms with Crippen LogP contribution in [0.2, 0.25) is 5.02 Å². The van der Waals surface area contributed by atoms with Gasteiger partial charge in [-0.25, -0.2) is 9.78 Å². The monoisotopic (exact) mass is 528 g/mol. The Kier molecular flexibility index (Phi) is 6.08. The molecule has 0 aliphatic carbocycles. The van der Waals surface area contributed by atoms with E-state index in [4.69, 9.17) is 16.3 Å². The molecule has 3 aromatic heterocycles. The van der Waals surface area contributed by atoms with Crippen LogP contribution in [0.15, 0.2) is 65.7 Å². The van der Waals surface area contributed by atoms with Crippen molar-refractivity contribution in [2.45, 2.75) is 25.9 Å². The van der Waals surface area contributed by atoms with Crippen molar-refractivity contribution in [1.29, 1.82) is 0 Å². The van der Waals surface area contributed by atoms with Crippen LogP contribution in [0, 0.1) is 0 Å². The average Bonchev–Trinajstić information content (AvgIpc) is 3.17. The number of hydrogen-bond donors (Lipinski definition) is 1. The van der Waals surface area contributed by atoms with E-state index in [9.17, 15) is 4.79 Å². The van der Waals surface area contributed by atoms with E-state index >= 15 is 0 Å². The molecular formula is C29H29ClN6O2. The first-order valence-corrected chi connectivity index (χ1v) is 13.0. The third kappa shape index (κ3) is 4.10. The summed E-state index contributed by atoms with van der Waals surface area (Å²) >= 11 is 6.85. The molecular weight excluding hydrogens is 500 g/mol. The topological polar surface area (TPSA) is 77.2 Å². The quantitative estimate of drug-likeness (QED) is 0.361. The van der Waals surface area contributed by atoms with Crippen LogP contribution in [0.3, 0.4) is 0 Å². The molecule has 2 unspecified atom stereocenters. The van der Waals surface area contributed by atoms with Gasteiger partial charge in [0.2, 0.25) is 5.88 Å². The smallest absolute Gasteiger partial charge is 0.333 e. The zero-order chi connectivity index (χ0) is 26.6. The fourth-order valence-corrected chi connectivity index (χ4v) is 5.80. The maximum absolute atomic E-state index is 13.6. The number of methoxy groups -OCH3 is 1. The number of ether oxygens (including phenoxy) is 1. The van der Waals surface area contributed by atoms with Crippen LogP contribution >= 0.6 is 11.6 Å². The van der Waals surface area contributed by atoms with Crippen LogP contribution in [0.4, 0.5) is 5.69 Å². The fourth-order valence-electron chi connectivity index (χ4n) is 5.50. The summed E-state index contributed by atoms with van der Waals surface area (Å²) < 4.78 is 8.56. The fraction of sp³-hybridized carbons (Fsp3) is 0.276. The molecule has 8 nitrogen and oxygen atoms in total. The van der Waals surface area contributed by atoms with Gasteiger partial charge in [-0.05, 0) is 55.8 Å². The van der Waals surface area contributed by atoms with Crippen LogP contribution in [0.25, 0.3) is 38.8 Å². The standard InChI is InChI=1S/C29H29ClN6O2/c1-17-15-35(16-18(2)33-17)25-9-7-21(12-23(25)30)36-28-22-11-19(20-6-10-27(38-4)32-13-20)5-8-24(22)31-14-26(28)34(3)29(36)37/h5-14,17-18,33H,15-16H2,1-4H3. The lowest BCUT2D eigenvalue weighted by Crippen LogP contribution is -2.54. The lowest BCUT2D eigenvalue weighted by Gasteiger charge is -2.38. The Morgan fingerprint density at radius 3 is 2.42 bits per heavy atom. The average molecular weight is 529 g/mol. The Balaban J connectivity index is 1.51. The van der Waals surface area contributed by atoms with Crippen LogP contribution in [-0.4, -0.2) is 51.4 Å². The Hall–Kier alpha value is -3.88. The van der Waals surface area contributed by atoms with Gasteiger partial charge in [0, 0.05) is 55.4 Å². The zero-order valence-corrected chi connectivity index (χ0v) is 22.5. The van der Waals surface area contributed by atoms with Crippen molar-refractivity contribution in [2.24, 2.45) is 7.05 Å². The second kappa shape index (κ2) is 9.45. The van der Waals surface area contributed by atoms with Gasteiger partial charge in [-0.15, -0.1) is 0 Å². The molecule has 1 saturated heterocycles. The van der Waals surface area contributed by atoms with Crippen molar-refractivity contribution in [2.75, 3.05) is 25.1 Å². The van der Waals surface area contributed by atoms with Crippen LogP contribution in [0.5, 0.6) is 5.88 Å². The number of nitrogens with one attached hydrogen (secondary N) is 1. The molecule has 1 N–H and O–H groups in total. The van der Waals surface area contributed by atoms with Crippen molar-refractivity contribution >= 4 is 39.2 Å². The predicted molar refractivity (Wildman–Crippen MR) is 153 cm³/mol. The van der Waals surface area contributed by atoms with Gasteiger partial charge in [0.15, 0.2) is 0 Å². The number of imidazole rings is 1. The van der Waals surface area contributed by atoms with Gasteiger partial charge < -0.3 is 15.0 Å². The molecule has 0 radical (unpaired) electrons. The normalized spacial score (nSPS) is 17.9. The number of aromatic nitrogens is 4. The number of nitrogens with zero attached hydrogens (tertiary/aromatic N) is 5. The lowest BCUT2D eigenvalue weighted by molar-refractivity contribution is 0.398. The second-order valence-corrected chi connectivity index (χ2v) is 10.4. The molecule has 5 aromatic rings. The minimum atomic E-state index is -0.154. The van der Waals surface area contributed by atoms with Crippen molar-refractivity contribution in [3.63, 3.8) is 0 Å². The molecule has 0 spiro atoms. The third-order valence-corrected chi connectivity index (χ3v) is 7.55. The summed E-state index contributed by atoms with van der Waals surface area (Å²) in [5.41, 5.74) is 5.80. The number of rotatable bonds is 4. The molecule has 1 aliphatic rings. The highest BCUT2D eigenvalue weighted by molar-refractivity contribution is 6.33. The number of piperazine rings is 1. The Morgan fingerprint density at radius 2 is 1.74 bits per heavy atom. The molecule has 2 aromatic carbocycles. The first kappa shape index (κ1) is 24.5. The maximum atomic E-state index is 13.6. The van der Waals surface area contributed by atoms with E-state index in [1.54, 1.807) is 35.7 Å². The van der Waals surface area contributed by atoms with E-state index in [0.29, 0.717) is 23.0 Å². The van der Waals surface area contributed by atoms with Gasteiger partial charge in [-0.1, -0.05) is 17.7 Å². The molecule has 2 atom stereocenters. The third-order valence-electron chi connectivity index (χ3n) is 7.25. The summed E-state index contributed by atoms with van der Waals surface area (Å²) in [6, 6.07) is 16.5. The summed E-state index contributed by atoms with van der Waals surface area (Å²) in [5, 5.41) is 5.05. The Morgan fingerprint density at radius 1 is 0.974 bits per heavy atom. The number of hydrogen-bond acceptors (Lipinski definition) is 6. The number of pyridine rings is 2. The highest BCUT2D eigenvalue weighted by atomic mass is 35.5. The highest BCUT2D eigenvalue weighted by Gasteiger charge is 2.24. The molecule has 4 heterocycles. The van der Waals surface area contributed by atoms with Crippen molar-refractivity contribution in [3.8, 4) is 22.7 Å². The molecule has 6 rings (SSSR count). The van der Waals surface area contributed by atoms with Gasteiger partial charge in [0.1, 0.15) is 0 Å². The largest absolute Gasteiger partial charge is 0.481 e. The van der Waals surface area contributed by atoms with Crippen molar-refractivity contribution in [1.82, 2.24) is 24.4 Å². The number of halogens is 1. The first-order valence-electron chi connectivity index (χ1n) is 12.7. The van der Waals surface area contributed by atoms with E-state index in [-0.39, 0.29) is 5.69 Å². The van der Waals surface area contributed by atoms with E-state index in [0.717, 1.165) is 57.5 Å². The van der Waals surface area contributed by atoms with Crippen LogP contribution in [-0.2, 0) is 7.05 Å². The summed E-state index contributed by atoms with van der Waals surface area (Å²) in [6.07, 6.45) is 3.53. The van der Waals surface area contributed by atoms with E-state index in [1.165, 1.54) is 0 Å². The van der Waals surface area contributed by atoms with Gasteiger partial charge in [-0.3, -0.25) is 14.1 Å². The summed E-state index contributed by atoms with van der Waals surface area (Å²) in [6.45, 7) is 6.10. The maximum Gasteiger partial charge on any atom is 0.333 e. The molecule has 1 fully saturated rings. The predicted octanol–water partition coefficient (Wildman–Crippen LogP) is 4.79. The number of aryl methyl sites for hydroxylation is 1. The number of benzene rings is 2.